The molecule has 3 N–H and O–H groups in total. The van der Waals surface area contributed by atoms with E-state index >= 15 is 0 Å². The maximum absolute atomic E-state index is 13.4. The topological polar surface area (TPSA) is 69.6 Å². The highest BCUT2D eigenvalue weighted by Gasteiger charge is 2.20. The molecule has 2 aromatic carbocycles. The van der Waals surface area contributed by atoms with Crippen LogP contribution in [-0.4, -0.2) is 16.1 Å². The first kappa shape index (κ1) is 14.3. The molecule has 0 unspecified atom stereocenters. The van der Waals surface area contributed by atoms with Crippen molar-refractivity contribution in [2.75, 3.05) is 5.32 Å². The number of carbonyl (C=O) groups is 1. The molecule has 0 aliphatic heterocycles. The third-order valence-corrected chi connectivity index (χ3v) is 2.95. The Morgan fingerprint density at radius 2 is 1.60 bits per heavy atom. The molecule has 4 nitrogen and oxygen atoms in total. The van der Waals surface area contributed by atoms with Gasteiger partial charge in [0.25, 0.3) is 5.91 Å². The molecule has 2 rings (SSSR count). The number of phenols is 2. The summed E-state index contributed by atoms with van der Waals surface area (Å²) < 4.78 is 27.2. The molecule has 0 radical (unpaired) electrons. The first-order valence-corrected chi connectivity index (χ1v) is 6.16. The van der Waals surface area contributed by atoms with Crippen molar-refractivity contribution < 1.29 is 23.8 Å². The Morgan fingerprint density at radius 3 is 2.10 bits per heavy atom. The summed E-state index contributed by atoms with van der Waals surface area (Å²) in [7, 11) is 0. The molecule has 0 atom stereocenters. The van der Waals surface area contributed by atoms with Crippen LogP contribution in [0.2, 0.25) is 0 Å². The monoisotopic (exact) mass is 343 g/mol. The number of aromatic hydroxyl groups is 2. The van der Waals surface area contributed by atoms with E-state index in [1.807, 2.05) is 0 Å². The number of phenolic OH excluding ortho intramolecular Hbond substituents is 2. The van der Waals surface area contributed by atoms with Crippen molar-refractivity contribution in [1.82, 2.24) is 0 Å². The minimum Gasteiger partial charge on any atom is -0.506 e. The van der Waals surface area contributed by atoms with Crippen LogP contribution in [0.25, 0.3) is 0 Å². The molecule has 0 aliphatic rings. The molecule has 0 aromatic heterocycles. The van der Waals surface area contributed by atoms with Gasteiger partial charge in [0.1, 0.15) is 34.4 Å². The van der Waals surface area contributed by atoms with Crippen LogP contribution < -0.4 is 5.32 Å². The fourth-order valence-corrected chi connectivity index (χ4v) is 2.03. The number of anilines is 1. The van der Waals surface area contributed by atoms with Gasteiger partial charge in [-0.1, -0.05) is 22.0 Å². The molecule has 7 heteroatoms. The summed E-state index contributed by atoms with van der Waals surface area (Å²) in [6.45, 7) is 0. The molecule has 0 heterocycles. The second kappa shape index (κ2) is 5.46. The standard InChI is InChI=1S/C13H8BrF2NO3/c14-6-4-9(18)12(10(19)5-6)17-13(20)11-7(15)2-1-3-8(11)16/h1-5,18-19H,(H,17,20). The van der Waals surface area contributed by atoms with Crippen molar-refractivity contribution in [3.8, 4) is 11.5 Å². The molecule has 0 spiro atoms. The van der Waals surface area contributed by atoms with E-state index in [0.29, 0.717) is 4.47 Å². The summed E-state index contributed by atoms with van der Waals surface area (Å²) in [4.78, 5) is 11.8. The van der Waals surface area contributed by atoms with Crippen molar-refractivity contribution >= 4 is 27.5 Å². The summed E-state index contributed by atoms with van der Waals surface area (Å²) in [5.41, 5.74) is -1.13. The normalized spacial score (nSPS) is 10.3. The quantitative estimate of drug-likeness (QED) is 0.732. The largest absolute Gasteiger partial charge is 0.506 e. The summed E-state index contributed by atoms with van der Waals surface area (Å²) in [5.74, 6) is -4.09. The fourth-order valence-electron chi connectivity index (χ4n) is 1.60. The van der Waals surface area contributed by atoms with Crippen molar-refractivity contribution in [2.45, 2.75) is 0 Å². The van der Waals surface area contributed by atoms with Crippen molar-refractivity contribution in [3.05, 3.63) is 52.0 Å². The van der Waals surface area contributed by atoms with Gasteiger partial charge < -0.3 is 15.5 Å². The number of benzene rings is 2. The molecule has 0 saturated carbocycles. The molecule has 0 fully saturated rings. The number of halogens is 3. The predicted molar refractivity (Wildman–Crippen MR) is 71.8 cm³/mol. The van der Waals surface area contributed by atoms with E-state index in [2.05, 4.69) is 21.2 Å². The van der Waals surface area contributed by atoms with E-state index in [1.165, 1.54) is 12.1 Å². The zero-order valence-corrected chi connectivity index (χ0v) is 11.4. The second-order valence-electron chi connectivity index (χ2n) is 3.87. The Bertz CT molecular complexity index is 648. The van der Waals surface area contributed by atoms with Crippen LogP contribution in [0.5, 0.6) is 11.5 Å². The Labute approximate surface area is 120 Å². The van der Waals surface area contributed by atoms with E-state index in [1.54, 1.807) is 0 Å². The smallest absolute Gasteiger partial charge is 0.261 e. The molecule has 0 saturated heterocycles. The van der Waals surface area contributed by atoms with Crippen molar-refractivity contribution in [2.24, 2.45) is 0 Å². The average molecular weight is 344 g/mol. The highest BCUT2D eigenvalue weighted by Crippen LogP contribution is 2.36. The lowest BCUT2D eigenvalue weighted by Gasteiger charge is -2.10. The van der Waals surface area contributed by atoms with Crippen LogP contribution in [0.1, 0.15) is 10.4 Å². The fraction of sp³-hybridized carbons (Fsp3) is 0. The number of amides is 1. The third-order valence-electron chi connectivity index (χ3n) is 2.49. The number of rotatable bonds is 2. The average Bonchev–Trinajstić information content (AvgIpc) is 2.33. The van der Waals surface area contributed by atoms with Gasteiger partial charge in [-0.25, -0.2) is 8.78 Å². The van der Waals surface area contributed by atoms with E-state index in [0.717, 1.165) is 18.2 Å². The Hall–Kier alpha value is -2.15. The maximum atomic E-state index is 13.4. The molecule has 104 valence electrons. The molecule has 20 heavy (non-hydrogen) atoms. The molecule has 0 aliphatic carbocycles. The number of hydrogen-bond donors (Lipinski definition) is 3. The summed E-state index contributed by atoms with van der Waals surface area (Å²) in [6, 6.07) is 5.41. The van der Waals surface area contributed by atoms with Gasteiger partial charge >= 0.3 is 0 Å². The van der Waals surface area contributed by atoms with Crippen molar-refractivity contribution in [1.29, 1.82) is 0 Å². The van der Waals surface area contributed by atoms with Crippen LogP contribution in [0, 0.1) is 11.6 Å². The van der Waals surface area contributed by atoms with Gasteiger partial charge in [0.05, 0.1) is 0 Å². The van der Waals surface area contributed by atoms with E-state index < -0.39 is 34.6 Å². The van der Waals surface area contributed by atoms with E-state index in [9.17, 15) is 23.8 Å². The summed E-state index contributed by atoms with van der Waals surface area (Å²) in [6.07, 6.45) is 0. The Kier molecular flexibility index (Phi) is 3.89. The van der Waals surface area contributed by atoms with Gasteiger partial charge in [-0.2, -0.15) is 0 Å². The van der Waals surface area contributed by atoms with Crippen LogP contribution in [0.15, 0.2) is 34.8 Å². The zero-order valence-electron chi connectivity index (χ0n) is 9.82. The van der Waals surface area contributed by atoms with Gasteiger partial charge in [-0.3, -0.25) is 4.79 Å². The minimum atomic E-state index is -1.12. The molecular formula is C13H8BrF2NO3. The molecule has 1 amide bonds. The van der Waals surface area contributed by atoms with Crippen LogP contribution in [0.4, 0.5) is 14.5 Å². The van der Waals surface area contributed by atoms with Crippen LogP contribution >= 0.6 is 15.9 Å². The zero-order chi connectivity index (χ0) is 14.9. The van der Waals surface area contributed by atoms with Gasteiger partial charge in [0.15, 0.2) is 0 Å². The van der Waals surface area contributed by atoms with E-state index in [4.69, 9.17) is 0 Å². The Morgan fingerprint density at radius 1 is 1.10 bits per heavy atom. The van der Waals surface area contributed by atoms with Gasteiger partial charge in [-0.15, -0.1) is 0 Å². The molecule has 2 aromatic rings. The lowest BCUT2D eigenvalue weighted by atomic mass is 10.1. The number of carbonyl (C=O) groups excluding carboxylic acids is 1. The summed E-state index contributed by atoms with van der Waals surface area (Å²) >= 11 is 3.03. The van der Waals surface area contributed by atoms with Gasteiger partial charge in [-0.05, 0) is 24.3 Å². The van der Waals surface area contributed by atoms with Crippen LogP contribution in [0.3, 0.4) is 0 Å². The number of nitrogens with one attached hydrogen (secondary N) is 1. The highest BCUT2D eigenvalue weighted by atomic mass is 79.9. The van der Waals surface area contributed by atoms with E-state index in [-0.39, 0.29) is 5.69 Å². The molecule has 0 bridgehead atoms. The SMILES string of the molecule is O=C(Nc1c(O)cc(Br)cc1O)c1c(F)cccc1F. The van der Waals surface area contributed by atoms with Crippen LogP contribution in [-0.2, 0) is 0 Å². The predicted octanol–water partition coefficient (Wildman–Crippen LogP) is 3.39. The summed E-state index contributed by atoms with van der Waals surface area (Å²) in [5, 5.41) is 21.3. The Balaban J connectivity index is 2.38. The number of hydrogen-bond acceptors (Lipinski definition) is 3. The van der Waals surface area contributed by atoms with Gasteiger partial charge in [0, 0.05) is 4.47 Å². The lowest BCUT2D eigenvalue weighted by Crippen LogP contribution is -2.16. The molecular weight excluding hydrogens is 336 g/mol. The first-order chi connectivity index (χ1) is 9.40. The first-order valence-electron chi connectivity index (χ1n) is 5.37. The maximum Gasteiger partial charge on any atom is 0.261 e. The highest BCUT2D eigenvalue weighted by molar-refractivity contribution is 9.10. The van der Waals surface area contributed by atoms with Gasteiger partial charge in [0.2, 0.25) is 0 Å². The lowest BCUT2D eigenvalue weighted by molar-refractivity contribution is 0.101. The second-order valence-corrected chi connectivity index (χ2v) is 4.79. The van der Waals surface area contributed by atoms with Crippen molar-refractivity contribution in [3.63, 3.8) is 0 Å². The minimum absolute atomic E-state index is 0.333. The third kappa shape index (κ3) is 2.72.